The van der Waals surface area contributed by atoms with E-state index in [-0.39, 0.29) is 70.9 Å². The van der Waals surface area contributed by atoms with Gasteiger partial charge in [-0.25, -0.2) is 8.78 Å². The van der Waals surface area contributed by atoms with Gasteiger partial charge in [-0.15, -0.1) is 0 Å². The third-order valence-electron chi connectivity index (χ3n) is 9.04. The Hall–Kier alpha value is -4.96. The van der Waals surface area contributed by atoms with Gasteiger partial charge in [-0.05, 0) is 65.9 Å². The maximum Gasteiger partial charge on any atom is 0.419 e. The van der Waals surface area contributed by atoms with Crippen LogP contribution in [0.2, 0.25) is 5.02 Å². The molecule has 2 aliphatic heterocycles. The number of carbonyl (C=O) groups excluding carboxylic acids is 1. The van der Waals surface area contributed by atoms with E-state index in [1.54, 1.807) is 4.90 Å². The number of carbonyl (C=O) groups is 2. The maximum absolute atomic E-state index is 15.9. The summed E-state index contributed by atoms with van der Waals surface area (Å²) in [5, 5.41) is 12.1. The van der Waals surface area contributed by atoms with E-state index in [2.05, 4.69) is 5.32 Å². The summed E-state index contributed by atoms with van der Waals surface area (Å²) in [5.41, 5.74) is -5.76. The molecule has 0 spiro atoms. The number of rotatable bonds is 6. The molecule has 1 saturated heterocycles. The number of pyridine rings is 1. The Morgan fingerprint density at radius 1 is 1.00 bits per heavy atom. The standard InChI is InChI=1S/C36H28ClF8N3O5/c1-17-7-21(37)11-28-31(17)20-9-24(32(39)26(10-20)36(43,44)45)27(13-30(50)51)46-34(52)33(18-3-2-4-23(8-18)53-28)48-14-19(5-6-47-15-22(38)16-47)25(12-29(48)49)35(40,41)42/h2-4,7-12,14,22,27,33H,5-6,13,15-16H2,1H3,(H,46,52)(H,50,51)/t27-,33-/m1/s1. The molecule has 53 heavy (non-hydrogen) atoms. The molecular weight excluding hydrogens is 742 g/mol. The summed E-state index contributed by atoms with van der Waals surface area (Å²) >= 11 is 6.30. The number of halogens is 9. The van der Waals surface area contributed by atoms with Crippen molar-refractivity contribution in [3.05, 3.63) is 115 Å². The summed E-state index contributed by atoms with van der Waals surface area (Å²) in [5.74, 6) is -4.96. The van der Waals surface area contributed by atoms with Crippen LogP contribution in [-0.4, -0.2) is 52.3 Å². The zero-order chi connectivity index (χ0) is 38.6. The van der Waals surface area contributed by atoms with Crippen LogP contribution >= 0.6 is 11.6 Å². The molecule has 2 atom stereocenters. The Labute approximate surface area is 300 Å². The van der Waals surface area contributed by atoms with E-state index < -0.39 is 82.5 Å². The van der Waals surface area contributed by atoms with E-state index in [1.807, 2.05) is 0 Å². The van der Waals surface area contributed by atoms with Crippen molar-refractivity contribution in [1.29, 1.82) is 0 Å². The van der Waals surface area contributed by atoms with Gasteiger partial charge < -0.3 is 15.2 Å². The average molecular weight is 770 g/mol. The first-order chi connectivity index (χ1) is 24.8. The van der Waals surface area contributed by atoms with Crippen LogP contribution in [0, 0.1) is 12.7 Å². The van der Waals surface area contributed by atoms with Crippen LogP contribution in [0.1, 0.15) is 51.9 Å². The smallest absolute Gasteiger partial charge is 0.419 e. The van der Waals surface area contributed by atoms with Gasteiger partial charge in [-0.1, -0.05) is 23.7 Å². The number of nitrogens with zero attached hydrogens (tertiary/aromatic N) is 2. The third kappa shape index (κ3) is 7.88. The van der Waals surface area contributed by atoms with Crippen molar-refractivity contribution in [1.82, 2.24) is 14.8 Å². The molecule has 1 fully saturated rings. The van der Waals surface area contributed by atoms with Gasteiger partial charge >= 0.3 is 18.3 Å². The first-order valence-electron chi connectivity index (χ1n) is 16.0. The van der Waals surface area contributed by atoms with E-state index in [9.17, 15) is 50.2 Å². The number of fused-ring (bicyclic) bond motifs is 6. The molecule has 4 bridgehead atoms. The molecule has 3 aromatic carbocycles. The van der Waals surface area contributed by atoms with Gasteiger partial charge in [0.25, 0.3) is 5.56 Å². The number of nitrogens with one attached hydrogen (secondary N) is 1. The normalized spacial score (nSPS) is 18.1. The highest BCUT2D eigenvalue weighted by Gasteiger charge is 2.40. The van der Waals surface area contributed by atoms with Crippen LogP contribution in [-0.2, 0) is 28.4 Å². The zero-order valence-corrected chi connectivity index (χ0v) is 28.2. The molecule has 6 rings (SSSR count). The Morgan fingerprint density at radius 3 is 2.34 bits per heavy atom. The number of aryl methyl sites for hydroxylation is 1. The quantitative estimate of drug-likeness (QED) is 0.194. The van der Waals surface area contributed by atoms with Crippen molar-refractivity contribution < 1.29 is 54.6 Å². The fraction of sp³-hybridized carbons (Fsp3) is 0.306. The van der Waals surface area contributed by atoms with Crippen LogP contribution in [0.15, 0.2) is 65.6 Å². The van der Waals surface area contributed by atoms with Crippen molar-refractivity contribution in [2.75, 3.05) is 19.6 Å². The van der Waals surface area contributed by atoms with Crippen molar-refractivity contribution in [2.45, 2.75) is 50.4 Å². The molecule has 1 amide bonds. The molecule has 0 aliphatic carbocycles. The summed E-state index contributed by atoms with van der Waals surface area (Å²) in [4.78, 5) is 41.4. The molecule has 2 N–H and O–H groups in total. The number of carboxylic acids is 1. The molecule has 1 aromatic heterocycles. The summed E-state index contributed by atoms with van der Waals surface area (Å²) in [6, 6.07) is 5.89. The summed E-state index contributed by atoms with van der Waals surface area (Å²) in [6.07, 6.45) is -12.1. The number of aromatic nitrogens is 1. The van der Waals surface area contributed by atoms with Crippen LogP contribution in [0.25, 0.3) is 11.1 Å². The Balaban J connectivity index is 1.60. The van der Waals surface area contributed by atoms with Gasteiger partial charge in [-0.3, -0.25) is 23.9 Å². The Bertz CT molecular complexity index is 2160. The van der Waals surface area contributed by atoms with Crippen LogP contribution < -0.4 is 15.6 Å². The maximum atomic E-state index is 15.9. The molecule has 17 heteroatoms. The number of likely N-dealkylation sites (tertiary alicyclic amines) is 1. The first-order valence-corrected chi connectivity index (χ1v) is 16.4. The van der Waals surface area contributed by atoms with E-state index in [1.165, 1.54) is 43.3 Å². The highest BCUT2D eigenvalue weighted by molar-refractivity contribution is 6.31. The van der Waals surface area contributed by atoms with Crippen molar-refractivity contribution in [3.8, 4) is 22.6 Å². The Morgan fingerprint density at radius 2 is 1.70 bits per heavy atom. The van der Waals surface area contributed by atoms with Crippen molar-refractivity contribution >= 4 is 23.5 Å². The second-order valence-corrected chi connectivity index (χ2v) is 13.3. The van der Waals surface area contributed by atoms with Gasteiger partial charge in [-0.2, -0.15) is 26.3 Å². The fourth-order valence-electron chi connectivity index (χ4n) is 6.62. The van der Waals surface area contributed by atoms with Gasteiger partial charge in [0.2, 0.25) is 5.91 Å². The summed E-state index contributed by atoms with van der Waals surface area (Å²) in [6.45, 7) is 1.45. The lowest BCUT2D eigenvalue weighted by Crippen LogP contribution is -2.49. The highest BCUT2D eigenvalue weighted by Crippen LogP contribution is 2.44. The second kappa shape index (κ2) is 14.1. The molecule has 0 radical (unpaired) electrons. The van der Waals surface area contributed by atoms with E-state index in [4.69, 9.17) is 16.3 Å². The summed E-state index contributed by atoms with van der Waals surface area (Å²) in [7, 11) is 0. The number of amides is 1. The van der Waals surface area contributed by atoms with Crippen molar-refractivity contribution in [3.63, 3.8) is 0 Å². The second-order valence-electron chi connectivity index (χ2n) is 12.8. The Kier molecular flexibility index (Phi) is 10.1. The van der Waals surface area contributed by atoms with Gasteiger partial charge in [0.1, 0.15) is 29.5 Å². The minimum absolute atomic E-state index is 0.00847. The molecule has 0 unspecified atom stereocenters. The van der Waals surface area contributed by atoms with Crippen LogP contribution in [0.5, 0.6) is 11.5 Å². The third-order valence-corrected chi connectivity index (χ3v) is 9.25. The number of benzene rings is 3. The van der Waals surface area contributed by atoms with Crippen LogP contribution in [0.3, 0.4) is 0 Å². The lowest BCUT2D eigenvalue weighted by molar-refractivity contribution is -0.140. The molecule has 2 aliphatic rings. The van der Waals surface area contributed by atoms with Gasteiger partial charge in [0.15, 0.2) is 0 Å². The number of ether oxygens (including phenoxy) is 1. The van der Waals surface area contributed by atoms with Crippen molar-refractivity contribution in [2.24, 2.45) is 0 Å². The molecule has 280 valence electrons. The number of alkyl halides is 7. The van der Waals surface area contributed by atoms with E-state index >= 15 is 4.39 Å². The molecular formula is C36H28ClF8N3O5. The average Bonchev–Trinajstić information content (AvgIpc) is 3.02. The van der Waals surface area contributed by atoms with Gasteiger partial charge in [0.05, 0.1) is 23.6 Å². The van der Waals surface area contributed by atoms with Crippen LogP contribution in [0.4, 0.5) is 35.1 Å². The largest absolute Gasteiger partial charge is 0.481 e. The number of carboxylic acid groups (broad SMARTS) is 1. The highest BCUT2D eigenvalue weighted by atomic mass is 35.5. The predicted octanol–water partition coefficient (Wildman–Crippen LogP) is 7.88. The van der Waals surface area contributed by atoms with Gasteiger partial charge in [0, 0.05) is 54.1 Å². The fourth-order valence-corrected chi connectivity index (χ4v) is 6.88. The number of aliphatic carboxylic acids is 1. The number of hydrogen-bond acceptors (Lipinski definition) is 5. The monoisotopic (exact) mass is 769 g/mol. The SMILES string of the molecule is Cc1cc(Cl)cc2c1-c1cc(c(F)c(C(F)(F)F)c1)[C@@H](CC(=O)O)NC(=O)[C@H](n1cc(CCN3CC(F)C3)c(C(F)(F)F)cc1=O)c1cccc(c1)O2. The zero-order valence-electron chi connectivity index (χ0n) is 27.4. The minimum Gasteiger partial charge on any atom is -0.481 e. The topological polar surface area (TPSA) is 101 Å². The lowest BCUT2D eigenvalue weighted by atomic mass is 9.91. The van der Waals surface area contributed by atoms with E-state index in [0.717, 1.165) is 12.3 Å². The minimum atomic E-state index is -5.30. The number of hydrogen-bond donors (Lipinski definition) is 2. The molecule has 4 aromatic rings. The summed E-state index contributed by atoms with van der Waals surface area (Å²) < 4.78 is 122. The predicted molar refractivity (Wildman–Crippen MR) is 175 cm³/mol. The molecule has 8 nitrogen and oxygen atoms in total. The van der Waals surface area contributed by atoms with E-state index in [0.29, 0.717) is 10.6 Å². The molecule has 3 heterocycles. The molecule has 0 saturated carbocycles. The first kappa shape index (κ1) is 37.8. The lowest BCUT2D eigenvalue weighted by Gasteiger charge is -2.34.